The molecule has 2 rings (SSSR count). The molecular formula is C10H15N3OS. The monoisotopic (exact) mass is 225 g/mol. The highest BCUT2D eigenvalue weighted by molar-refractivity contribution is 7.09. The van der Waals surface area contributed by atoms with Crippen molar-refractivity contribution in [3.63, 3.8) is 0 Å². The average Bonchev–Trinajstić information content (AvgIpc) is 2.80. The fraction of sp³-hybridized carbons (Fsp3) is 0.600. The molecule has 0 unspecified atom stereocenters. The molecule has 0 saturated heterocycles. The second kappa shape index (κ2) is 3.90. The van der Waals surface area contributed by atoms with Crippen molar-refractivity contribution in [2.45, 2.75) is 24.8 Å². The van der Waals surface area contributed by atoms with Crippen LogP contribution in [0.2, 0.25) is 0 Å². The number of carbonyl (C=O) groups excluding carboxylic acids is 1. The highest BCUT2D eigenvalue weighted by Crippen LogP contribution is 2.33. The highest BCUT2D eigenvalue weighted by Gasteiger charge is 2.47. The van der Waals surface area contributed by atoms with Crippen molar-refractivity contribution < 1.29 is 4.79 Å². The molecule has 15 heavy (non-hydrogen) atoms. The van der Waals surface area contributed by atoms with Gasteiger partial charge < -0.3 is 10.6 Å². The quantitative estimate of drug-likeness (QED) is 0.818. The van der Waals surface area contributed by atoms with Crippen molar-refractivity contribution in [2.24, 2.45) is 5.73 Å². The molecule has 0 spiro atoms. The van der Waals surface area contributed by atoms with E-state index >= 15 is 0 Å². The Morgan fingerprint density at radius 2 is 2.47 bits per heavy atom. The smallest absolute Gasteiger partial charge is 0.242 e. The van der Waals surface area contributed by atoms with E-state index in [0.717, 1.165) is 24.3 Å². The van der Waals surface area contributed by atoms with Gasteiger partial charge in [-0.05, 0) is 12.8 Å². The standard InChI is InChI=1S/C10H15N3OS/c1-13(9(14)10(11)3-4-10)6-2-8-12-5-7-15-8/h5,7H,2-4,6,11H2,1H3. The van der Waals surface area contributed by atoms with E-state index in [4.69, 9.17) is 5.73 Å². The SMILES string of the molecule is CN(CCc1nccs1)C(=O)C1(N)CC1. The molecule has 1 heterocycles. The predicted molar refractivity (Wildman–Crippen MR) is 59.6 cm³/mol. The van der Waals surface area contributed by atoms with E-state index in [2.05, 4.69) is 4.98 Å². The Hall–Kier alpha value is -0.940. The first-order chi connectivity index (χ1) is 7.12. The molecule has 0 radical (unpaired) electrons. The summed E-state index contributed by atoms with van der Waals surface area (Å²) in [7, 11) is 1.81. The van der Waals surface area contributed by atoms with Crippen LogP contribution in [0.5, 0.6) is 0 Å². The molecule has 1 aromatic heterocycles. The van der Waals surface area contributed by atoms with Crippen LogP contribution in [0.3, 0.4) is 0 Å². The Balaban J connectivity index is 1.82. The Bertz CT molecular complexity index is 346. The normalized spacial score (nSPS) is 17.5. The number of nitrogens with two attached hydrogens (primary N) is 1. The van der Waals surface area contributed by atoms with Gasteiger partial charge in [0.15, 0.2) is 0 Å². The van der Waals surface area contributed by atoms with E-state index in [-0.39, 0.29) is 5.91 Å². The summed E-state index contributed by atoms with van der Waals surface area (Å²) in [5.74, 6) is 0.0686. The van der Waals surface area contributed by atoms with Gasteiger partial charge in [0.1, 0.15) is 0 Å². The molecule has 2 N–H and O–H groups in total. The van der Waals surface area contributed by atoms with Crippen LogP contribution < -0.4 is 5.73 Å². The molecule has 1 amide bonds. The summed E-state index contributed by atoms with van der Waals surface area (Å²) in [5, 5.41) is 3.01. The van der Waals surface area contributed by atoms with Gasteiger partial charge in [0.2, 0.25) is 5.91 Å². The Morgan fingerprint density at radius 1 is 1.73 bits per heavy atom. The zero-order valence-electron chi connectivity index (χ0n) is 8.77. The third-order valence-electron chi connectivity index (χ3n) is 2.71. The van der Waals surface area contributed by atoms with Crippen molar-refractivity contribution in [3.05, 3.63) is 16.6 Å². The molecule has 4 nitrogen and oxygen atoms in total. The predicted octanol–water partition coefficient (Wildman–Crippen LogP) is 0.635. The maximum absolute atomic E-state index is 11.8. The molecule has 1 saturated carbocycles. The van der Waals surface area contributed by atoms with Crippen LogP contribution in [0.15, 0.2) is 11.6 Å². The number of amides is 1. The summed E-state index contributed by atoms with van der Waals surface area (Å²) in [6.45, 7) is 0.700. The molecule has 82 valence electrons. The molecule has 0 aromatic carbocycles. The zero-order chi connectivity index (χ0) is 10.9. The summed E-state index contributed by atoms with van der Waals surface area (Å²) < 4.78 is 0. The van der Waals surface area contributed by atoms with E-state index < -0.39 is 5.54 Å². The van der Waals surface area contributed by atoms with Gasteiger partial charge in [-0.2, -0.15) is 0 Å². The summed E-state index contributed by atoms with van der Waals surface area (Å²) in [5.41, 5.74) is 5.29. The lowest BCUT2D eigenvalue weighted by atomic mass is 10.2. The lowest BCUT2D eigenvalue weighted by molar-refractivity contribution is -0.132. The van der Waals surface area contributed by atoms with Crippen molar-refractivity contribution in [3.8, 4) is 0 Å². The first kappa shape index (κ1) is 10.6. The Kier molecular flexibility index (Phi) is 2.75. The number of hydrogen-bond donors (Lipinski definition) is 1. The minimum absolute atomic E-state index is 0.0686. The van der Waals surface area contributed by atoms with Crippen LogP contribution in [-0.2, 0) is 11.2 Å². The zero-order valence-corrected chi connectivity index (χ0v) is 9.59. The number of aromatic nitrogens is 1. The molecule has 5 heteroatoms. The number of hydrogen-bond acceptors (Lipinski definition) is 4. The number of thiazole rings is 1. The summed E-state index contributed by atoms with van der Waals surface area (Å²) in [6.07, 6.45) is 4.25. The average molecular weight is 225 g/mol. The second-order valence-corrected chi connectivity index (χ2v) is 5.04. The molecule has 1 aliphatic rings. The summed E-state index contributed by atoms with van der Waals surface area (Å²) >= 11 is 1.62. The van der Waals surface area contributed by atoms with Gasteiger partial charge in [0.25, 0.3) is 0 Å². The first-order valence-electron chi connectivity index (χ1n) is 5.05. The van der Waals surface area contributed by atoms with E-state index in [1.54, 1.807) is 22.4 Å². The molecule has 1 fully saturated rings. The van der Waals surface area contributed by atoms with Crippen molar-refractivity contribution in [1.82, 2.24) is 9.88 Å². The van der Waals surface area contributed by atoms with Crippen LogP contribution in [0, 0.1) is 0 Å². The van der Waals surface area contributed by atoms with Gasteiger partial charge in [-0.25, -0.2) is 4.98 Å². The number of likely N-dealkylation sites (N-methyl/N-ethyl adjacent to an activating group) is 1. The largest absolute Gasteiger partial charge is 0.344 e. The third kappa shape index (κ3) is 2.35. The number of nitrogens with zero attached hydrogens (tertiary/aromatic N) is 2. The highest BCUT2D eigenvalue weighted by atomic mass is 32.1. The maximum Gasteiger partial charge on any atom is 0.242 e. The van der Waals surface area contributed by atoms with Crippen LogP contribution in [0.4, 0.5) is 0 Å². The molecule has 1 aromatic rings. The minimum atomic E-state index is -0.544. The molecule has 0 atom stereocenters. The maximum atomic E-state index is 11.8. The number of carbonyl (C=O) groups is 1. The first-order valence-corrected chi connectivity index (χ1v) is 5.93. The topological polar surface area (TPSA) is 59.2 Å². The van der Waals surface area contributed by atoms with Crippen LogP contribution in [0.25, 0.3) is 0 Å². The van der Waals surface area contributed by atoms with E-state index in [9.17, 15) is 4.79 Å². The van der Waals surface area contributed by atoms with E-state index in [1.807, 2.05) is 12.4 Å². The Morgan fingerprint density at radius 3 is 3.00 bits per heavy atom. The minimum Gasteiger partial charge on any atom is -0.344 e. The lowest BCUT2D eigenvalue weighted by Gasteiger charge is -2.20. The van der Waals surface area contributed by atoms with E-state index in [1.165, 1.54) is 0 Å². The van der Waals surface area contributed by atoms with Crippen LogP contribution >= 0.6 is 11.3 Å². The van der Waals surface area contributed by atoms with Crippen LogP contribution in [0.1, 0.15) is 17.8 Å². The number of rotatable bonds is 4. The van der Waals surface area contributed by atoms with Gasteiger partial charge in [-0.15, -0.1) is 11.3 Å². The van der Waals surface area contributed by atoms with Crippen molar-refractivity contribution in [2.75, 3.05) is 13.6 Å². The fourth-order valence-corrected chi connectivity index (χ4v) is 2.08. The van der Waals surface area contributed by atoms with Gasteiger partial charge in [0, 0.05) is 31.6 Å². The molecule has 0 aliphatic heterocycles. The van der Waals surface area contributed by atoms with Gasteiger partial charge in [-0.1, -0.05) is 0 Å². The van der Waals surface area contributed by atoms with Crippen molar-refractivity contribution >= 4 is 17.2 Å². The molecule has 1 aliphatic carbocycles. The van der Waals surface area contributed by atoms with Crippen LogP contribution in [-0.4, -0.2) is 34.9 Å². The summed E-state index contributed by atoms with van der Waals surface area (Å²) in [4.78, 5) is 17.7. The third-order valence-corrected chi connectivity index (χ3v) is 3.55. The fourth-order valence-electron chi connectivity index (χ4n) is 1.47. The van der Waals surface area contributed by atoms with E-state index in [0.29, 0.717) is 6.54 Å². The van der Waals surface area contributed by atoms with Gasteiger partial charge >= 0.3 is 0 Å². The lowest BCUT2D eigenvalue weighted by Crippen LogP contribution is -2.44. The van der Waals surface area contributed by atoms with Gasteiger partial charge in [0.05, 0.1) is 10.5 Å². The van der Waals surface area contributed by atoms with Gasteiger partial charge in [-0.3, -0.25) is 4.79 Å². The summed E-state index contributed by atoms with van der Waals surface area (Å²) in [6, 6.07) is 0. The molecule has 0 bridgehead atoms. The Labute approximate surface area is 93.1 Å². The van der Waals surface area contributed by atoms with Crippen molar-refractivity contribution in [1.29, 1.82) is 0 Å². The molecular weight excluding hydrogens is 210 g/mol. The second-order valence-electron chi connectivity index (χ2n) is 4.06.